The average molecular weight is 358 g/mol. The fraction of sp³-hybridized carbons (Fsp3) is 0.158. The molecule has 0 aliphatic carbocycles. The van der Waals surface area contributed by atoms with E-state index in [1.165, 1.54) is 12.1 Å². The van der Waals surface area contributed by atoms with Gasteiger partial charge in [0.2, 0.25) is 5.95 Å². The molecule has 0 fully saturated rings. The zero-order chi connectivity index (χ0) is 18.7. The molecule has 0 radical (unpaired) electrons. The van der Waals surface area contributed by atoms with E-state index in [4.69, 9.17) is 0 Å². The SMILES string of the molecule is Cc1cc(C)cc(Nc2nccc(Nc3ccc(C(F)(F)F)cc3)n2)c1. The summed E-state index contributed by atoms with van der Waals surface area (Å²) in [5.41, 5.74) is 2.92. The summed E-state index contributed by atoms with van der Waals surface area (Å²) in [6.45, 7) is 4.00. The van der Waals surface area contributed by atoms with Crippen LogP contribution in [0.1, 0.15) is 16.7 Å². The van der Waals surface area contributed by atoms with Crippen LogP contribution in [0, 0.1) is 13.8 Å². The lowest BCUT2D eigenvalue weighted by Crippen LogP contribution is -2.05. The van der Waals surface area contributed by atoms with Crippen molar-refractivity contribution in [3.63, 3.8) is 0 Å². The molecule has 1 aromatic heterocycles. The minimum Gasteiger partial charge on any atom is -0.340 e. The Labute approximate surface area is 149 Å². The quantitative estimate of drug-likeness (QED) is 0.637. The van der Waals surface area contributed by atoms with Crippen molar-refractivity contribution in [2.24, 2.45) is 0 Å². The van der Waals surface area contributed by atoms with Crippen LogP contribution in [0.3, 0.4) is 0 Å². The van der Waals surface area contributed by atoms with Crippen LogP contribution >= 0.6 is 0 Å². The molecular weight excluding hydrogens is 341 g/mol. The highest BCUT2D eigenvalue weighted by molar-refractivity contribution is 5.60. The molecule has 3 aromatic rings. The van der Waals surface area contributed by atoms with Gasteiger partial charge in [0.15, 0.2) is 0 Å². The molecule has 0 saturated heterocycles. The van der Waals surface area contributed by atoms with Gasteiger partial charge in [0.05, 0.1) is 5.56 Å². The first kappa shape index (κ1) is 17.7. The number of alkyl halides is 3. The highest BCUT2D eigenvalue weighted by Gasteiger charge is 2.29. The molecule has 2 N–H and O–H groups in total. The molecule has 4 nitrogen and oxygen atoms in total. The van der Waals surface area contributed by atoms with E-state index in [-0.39, 0.29) is 0 Å². The predicted octanol–water partition coefficient (Wildman–Crippen LogP) is 5.60. The van der Waals surface area contributed by atoms with Gasteiger partial charge in [0.25, 0.3) is 0 Å². The highest BCUT2D eigenvalue weighted by atomic mass is 19.4. The van der Waals surface area contributed by atoms with Crippen LogP contribution in [0.15, 0.2) is 54.7 Å². The molecule has 7 heteroatoms. The second kappa shape index (κ2) is 7.03. The third kappa shape index (κ3) is 4.50. The Balaban J connectivity index is 1.75. The Bertz CT molecular complexity index is 885. The summed E-state index contributed by atoms with van der Waals surface area (Å²) < 4.78 is 37.8. The van der Waals surface area contributed by atoms with Gasteiger partial charge in [0, 0.05) is 17.6 Å². The summed E-state index contributed by atoms with van der Waals surface area (Å²) in [5.74, 6) is 0.874. The van der Waals surface area contributed by atoms with Gasteiger partial charge < -0.3 is 10.6 Å². The number of rotatable bonds is 4. The van der Waals surface area contributed by atoms with E-state index in [1.54, 1.807) is 12.3 Å². The number of nitrogens with one attached hydrogen (secondary N) is 2. The van der Waals surface area contributed by atoms with Crippen molar-refractivity contribution in [3.05, 3.63) is 71.4 Å². The summed E-state index contributed by atoms with van der Waals surface area (Å²) in [6, 6.07) is 12.4. The Morgan fingerprint density at radius 2 is 1.46 bits per heavy atom. The Kier molecular flexibility index (Phi) is 4.79. The van der Waals surface area contributed by atoms with Crippen molar-refractivity contribution in [1.29, 1.82) is 0 Å². The summed E-state index contributed by atoms with van der Waals surface area (Å²) in [4.78, 5) is 8.51. The van der Waals surface area contributed by atoms with Crippen molar-refractivity contribution in [2.75, 3.05) is 10.6 Å². The molecule has 26 heavy (non-hydrogen) atoms. The van der Waals surface area contributed by atoms with Gasteiger partial charge in [-0.05, 0) is 67.4 Å². The average Bonchev–Trinajstić information content (AvgIpc) is 2.54. The molecule has 0 amide bonds. The maximum absolute atomic E-state index is 12.6. The molecule has 0 saturated carbocycles. The molecule has 1 heterocycles. The summed E-state index contributed by atoms with van der Waals surface area (Å²) >= 11 is 0. The minimum atomic E-state index is -4.35. The van der Waals surface area contributed by atoms with Crippen molar-refractivity contribution in [2.45, 2.75) is 20.0 Å². The molecule has 0 spiro atoms. The number of benzene rings is 2. The Morgan fingerprint density at radius 1 is 0.808 bits per heavy atom. The fourth-order valence-electron chi connectivity index (χ4n) is 2.55. The van der Waals surface area contributed by atoms with E-state index in [2.05, 4.69) is 26.7 Å². The van der Waals surface area contributed by atoms with Gasteiger partial charge in [0.1, 0.15) is 5.82 Å². The van der Waals surface area contributed by atoms with Crippen LogP contribution in [0.2, 0.25) is 0 Å². The number of aryl methyl sites for hydroxylation is 2. The molecule has 0 unspecified atom stereocenters. The van der Waals surface area contributed by atoms with Crippen LogP contribution in [0.25, 0.3) is 0 Å². The molecule has 2 aromatic carbocycles. The van der Waals surface area contributed by atoms with Crippen molar-refractivity contribution < 1.29 is 13.2 Å². The normalized spacial score (nSPS) is 11.3. The van der Waals surface area contributed by atoms with Gasteiger partial charge in [-0.25, -0.2) is 4.98 Å². The smallest absolute Gasteiger partial charge is 0.340 e. The molecule has 0 aliphatic heterocycles. The van der Waals surface area contributed by atoms with Crippen LogP contribution in [-0.4, -0.2) is 9.97 Å². The van der Waals surface area contributed by atoms with E-state index < -0.39 is 11.7 Å². The van der Waals surface area contributed by atoms with Gasteiger partial charge in [-0.3, -0.25) is 0 Å². The van der Waals surface area contributed by atoms with Crippen molar-refractivity contribution >= 4 is 23.1 Å². The maximum atomic E-state index is 12.6. The first-order valence-electron chi connectivity index (χ1n) is 7.92. The number of nitrogens with zero attached hydrogens (tertiary/aromatic N) is 2. The predicted molar refractivity (Wildman–Crippen MR) is 96.0 cm³/mol. The molecule has 0 aliphatic rings. The monoisotopic (exact) mass is 358 g/mol. The highest BCUT2D eigenvalue weighted by Crippen LogP contribution is 2.30. The second-order valence-corrected chi connectivity index (χ2v) is 5.97. The zero-order valence-electron chi connectivity index (χ0n) is 14.2. The number of hydrogen-bond acceptors (Lipinski definition) is 4. The van der Waals surface area contributed by atoms with E-state index in [9.17, 15) is 13.2 Å². The minimum absolute atomic E-state index is 0.395. The van der Waals surface area contributed by atoms with Gasteiger partial charge in [-0.2, -0.15) is 18.2 Å². The summed E-state index contributed by atoms with van der Waals surface area (Å²) in [7, 11) is 0. The summed E-state index contributed by atoms with van der Waals surface area (Å²) in [5, 5.41) is 6.10. The van der Waals surface area contributed by atoms with Crippen LogP contribution < -0.4 is 10.6 Å². The van der Waals surface area contributed by atoms with Crippen molar-refractivity contribution in [1.82, 2.24) is 9.97 Å². The van der Waals surface area contributed by atoms with E-state index >= 15 is 0 Å². The largest absolute Gasteiger partial charge is 0.416 e. The number of halogens is 3. The molecule has 3 rings (SSSR count). The molecule has 0 bridgehead atoms. The topological polar surface area (TPSA) is 49.8 Å². The van der Waals surface area contributed by atoms with Crippen molar-refractivity contribution in [3.8, 4) is 0 Å². The molecule has 0 atom stereocenters. The van der Waals surface area contributed by atoms with Gasteiger partial charge >= 0.3 is 6.18 Å². The van der Waals surface area contributed by atoms with Crippen LogP contribution in [-0.2, 0) is 6.18 Å². The third-order valence-corrected chi connectivity index (χ3v) is 3.62. The standard InChI is InChI=1S/C19H17F3N4/c1-12-9-13(2)11-16(10-12)25-18-23-8-7-17(26-18)24-15-5-3-14(4-6-15)19(20,21)22/h3-11H,1-2H3,(H2,23,24,25,26). The number of anilines is 4. The molecule has 134 valence electrons. The van der Waals surface area contributed by atoms with Crippen LogP contribution in [0.5, 0.6) is 0 Å². The Hall–Kier alpha value is -3.09. The maximum Gasteiger partial charge on any atom is 0.416 e. The summed E-state index contributed by atoms with van der Waals surface area (Å²) in [6.07, 6.45) is -2.78. The van der Waals surface area contributed by atoms with Gasteiger partial charge in [-0.1, -0.05) is 6.07 Å². The number of hydrogen-bond donors (Lipinski definition) is 2. The van der Waals surface area contributed by atoms with E-state index in [1.807, 2.05) is 26.0 Å². The Morgan fingerprint density at radius 3 is 2.08 bits per heavy atom. The number of aromatic nitrogens is 2. The van der Waals surface area contributed by atoms with E-state index in [0.717, 1.165) is 28.9 Å². The lowest BCUT2D eigenvalue weighted by atomic mass is 10.1. The fourth-order valence-corrected chi connectivity index (χ4v) is 2.55. The molecular formula is C19H17F3N4. The zero-order valence-corrected chi connectivity index (χ0v) is 14.2. The lowest BCUT2D eigenvalue weighted by molar-refractivity contribution is -0.137. The van der Waals surface area contributed by atoms with E-state index in [0.29, 0.717) is 17.5 Å². The first-order valence-corrected chi connectivity index (χ1v) is 7.92. The first-order chi connectivity index (χ1) is 12.3. The van der Waals surface area contributed by atoms with Crippen LogP contribution in [0.4, 0.5) is 36.3 Å². The second-order valence-electron chi connectivity index (χ2n) is 5.97. The van der Waals surface area contributed by atoms with Gasteiger partial charge in [-0.15, -0.1) is 0 Å². The lowest BCUT2D eigenvalue weighted by Gasteiger charge is -2.11. The third-order valence-electron chi connectivity index (χ3n) is 3.62.